The van der Waals surface area contributed by atoms with E-state index < -0.39 is 0 Å². The van der Waals surface area contributed by atoms with Gasteiger partial charge in [0.05, 0.1) is 11.6 Å². The molecule has 0 radical (unpaired) electrons. The Morgan fingerprint density at radius 3 is 2.94 bits per heavy atom. The highest BCUT2D eigenvalue weighted by Gasteiger charge is 2.42. The minimum absolute atomic E-state index is 0.133. The highest BCUT2D eigenvalue weighted by Crippen LogP contribution is 2.34. The van der Waals surface area contributed by atoms with E-state index in [0.717, 1.165) is 26.6 Å². The van der Waals surface area contributed by atoms with Crippen molar-refractivity contribution in [3.8, 4) is 0 Å². The van der Waals surface area contributed by atoms with Crippen molar-refractivity contribution in [1.29, 1.82) is 0 Å². The first-order chi connectivity index (χ1) is 8.63. The molecule has 1 aromatic rings. The Bertz CT molecular complexity index is 494. The minimum atomic E-state index is 0.133. The van der Waals surface area contributed by atoms with E-state index in [1.807, 2.05) is 18.2 Å². The lowest BCUT2D eigenvalue weighted by molar-refractivity contribution is -0.120. The van der Waals surface area contributed by atoms with E-state index in [9.17, 15) is 4.79 Å². The number of halogens is 2. The molecule has 3 rings (SSSR count). The number of anilines is 1. The zero-order chi connectivity index (χ0) is 12.7. The third-order valence-electron chi connectivity index (χ3n) is 3.82. The molecular weight excluding hydrogens is 407 g/mol. The molecular formula is C13H14BrIN2O. The van der Waals surface area contributed by atoms with Gasteiger partial charge in [0.1, 0.15) is 0 Å². The highest BCUT2D eigenvalue weighted by atomic mass is 127. The summed E-state index contributed by atoms with van der Waals surface area (Å²) in [6.45, 7) is 0. The van der Waals surface area contributed by atoms with Gasteiger partial charge < -0.3 is 10.6 Å². The Hall–Kier alpha value is -0.140. The maximum Gasteiger partial charge on any atom is 0.229 e. The fourth-order valence-electron chi connectivity index (χ4n) is 2.93. The van der Waals surface area contributed by atoms with Crippen LogP contribution >= 0.6 is 38.5 Å². The van der Waals surface area contributed by atoms with E-state index in [1.54, 1.807) is 0 Å². The molecule has 3 unspecified atom stereocenters. The van der Waals surface area contributed by atoms with Crippen LogP contribution in [0.4, 0.5) is 5.69 Å². The number of hydrogen-bond acceptors (Lipinski definition) is 2. The number of benzene rings is 1. The molecule has 2 saturated heterocycles. The second kappa shape index (κ2) is 5.09. The fraction of sp³-hybridized carbons (Fsp3) is 0.462. The summed E-state index contributed by atoms with van der Waals surface area (Å²) in [5, 5.41) is 6.54. The molecule has 0 saturated carbocycles. The lowest BCUT2D eigenvalue weighted by Gasteiger charge is -2.19. The number of nitrogens with one attached hydrogen (secondary N) is 2. The molecule has 3 atom stereocenters. The van der Waals surface area contributed by atoms with Crippen molar-refractivity contribution < 1.29 is 4.79 Å². The van der Waals surface area contributed by atoms with Crippen molar-refractivity contribution >= 4 is 50.1 Å². The Kier molecular flexibility index (Phi) is 3.64. The smallest absolute Gasteiger partial charge is 0.229 e. The molecule has 2 bridgehead atoms. The summed E-state index contributed by atoms with van der Waals surface area (Å²) in [6.07, 6.45) is 3.34. The molecule has 5 heteroatoms. The van der Waals surface area contributed by atoms with Crippen LogP contribution in [0.25, 0.3) is 0 Å². The SMILES string of the molecule is O=C(Nc1cc(I)ccc1Br)C1CC2CCC1N2. The van der Waals surface area contributed by atoms with Crippen LogP contribution in [0.3, 0.4) is 0 Å². The lowest BCUT2D eigenvalue weighted by Crippen LogP contribution is -2.32. The Balaban J connectivity index is 1.72. The molecule has 0 spiro atoms. The topological polar surface area (TPSA) is 41.1 Å². The third kappa shape index (κ3) is 2.44. The summed E-state index contributed by atoms with van der Waals surface area (Å²) in [4.78, 5) is 12.3. The fourth-order valence-corrected chi connectivity index (χ4v) is 3.77. The lowest BCUT2D eigenvalue weighted by atomic mass is 9.88. The monoisotopic (exact) mass is 420 g/mol. The van der Waals surface area contributed by atoms with E-state index in [2.05, 4.69) is 49.2 Å². The van der Waals surface area contributed by atoms with Crippen molar-refractivity contribution in [3.63, 3.8) is 0 Å². The van der Waals surface area contributed by atoms with Gasteiger partial charge in [0.2, 0.25) is 5.91 Å². The first kappa shape index (κ1) is 12.9. The Morgan fingerprint density at radius 2 is 2.28 bits per heavy atom. The molecule has 2 fully saturated rings. The van der Waals surface area contributed by atoms with Gasteiger partial charge in [-0.3, -0.25) is 4.79 Å². The van der Waals surface area contributed by atoms with Gasteiger partial charge in [0, 0.05) is 20.1 Å². The summed E-state index contributed by atoms with van der Waals surface area (Å²) in [5.74, 6) is 0.283. The average Bonchev–Trinajstić information content (AvgIpc) is 2.96. The van der Waals surface area contributed by atoms with Crippen LogP contribution in [-0.2, 0) is 4.79 Å². The summed E-state index contributed by atoms with van der Waals surface area (Å²) in [7, 11) is 0. The van der Waals surface area contributed by atoms with Gasteiger partial charge in [-0.15, -0.1) is 0 Å². The van der Waals surface area contributed by atoms with Gasteiger partial charge in [0.15, 0.2) is 0 Å². The Morgan fingerprint density at radius 1 is 1.44 bits per heavy atom. The molecule has 1 aromatic carbocycles. The van der Waals surface area contributed by atoms with Gasteiger partial charge in [-0.05, 0) is 76.0 Å². The number of amides is 1. The Labute approximate surface area is 128 Å². The van der Waals surface area contributed by atoms with Crippen molar-refractivity contribution in [2.24, 2.45) is 5.92 Å². The third-order valence-corrected chi connectivity index (χ3v) is 5.19. The summed E-state index contributed by atoms with van der Waals surface area (Å²) in [6, 6.07) is 6.92. The second-order valence-corrected chi connectivity index (χ2v) is 7.10. The predicted octanol–water partition coefficient (Wildman–Crippen LogP) is 3.13. The highest BCUT2D eigenvalue weighted by molar-refractivity contribution is 14.1. The predicted molar refractivity (Wildman–Crippen MR) is 83.5 cm³/mol. The van der Waals surface area contributed by atoms with E-state index in [1.165, 1.54) is 6.42 Å². The van der Waals surface area contributed by atoms with Crippen molar-refractivity contribution in [2.45, 2.75) is 31.3 Å². The van der Waals surface area contributed by atoms with Gasteiger partial charge in [-0.1, -0.05) is 0 Å². The minimum Gasteiger partial charge on any atom is -0.325 e. The maximum atomic E-state index is 12.3. The zero-order valence-electron chi connectivity index (χ0n) is 9.75. The standard InChI is InChI=1S/C13H14BrIN2O/c14-10-3-1-7(15)5-12(10)17-13(18)9-6-8-2-4-11(9)16-8/h1,3,5,8-9,11,16H,2,4,6H2,(H,17,18). The summed E-state index contributed by atoms with van der Waals surface area (Å²) in [5.41, 5.74) is 0.870. The maximum absolute atomic E-state index is 12.3. The van der Waals surface area contributed by atoms with E-state index in [4.69, 9.17) is 0 Å². The molecule has 96 valence electrons. The van der Waals surface area contributed by atoms with Crippen LogP contribution in [0.5, 0.6) is 0 Å². The summed E-state index contributed by atoms with van der Waals surface area (Å²) >= 11 is 5.73. The van der Waals surface area contributed by atoms with Crippen molar-refractivity contribution in [2.75, 3.05) is 5.32 Å². The molecule has 2 N–H and O–H groups in total. The molecule has 3 nitrogen and oxygen atoms in total. The summed E-state index contributed by atoms with van der Waals surface area (Å²) < 4.78 is 2.06. The number of fused-ring (bicyclic) bond motifs is 2. The number of carbonyl (C=O) groups is 1. The molecule has 0 aromatic heterocycles. The van der Waals surface area contributed by atoms with Crippen molar-refractivity contribution in [1.82, 2.24) is 5.32 Å². The van der Waals surface area contributed by atoms with E-state index >= 15 is 0 Å². The van der Waals surface area contributed by atoms with Crippen molar-refractivity contribution in [3.05, 3.63) is 26.2 Å². The number of hydrogen-bond donors (Lipinski definition) is 2. The van der Waals surface area contributed by atoms with E-state index in [0.29, 0.717) is 12.1 Å². The van der Waals surface area contributed by atoms with Gasteiger partial charge in [0.25, 0.3) is 0 Å². The first-order valence-corrected chi connectivity index (χ1v) is 8.02. The van der Waals surface area contributed by atoms with Crippen LogP contribution in [0, 0.1) is 9.49 Å². The molecule has 18 heavy (non-hydrogen) atoms. The quantitative estimate of drug-likeness (QED) is 0.721. The molecule has 0 aliphatic carbocycles. The largest absolute Gasteiger partial charge is 0.325 e. The van der Waals surface area contributed by atoms with Gasteiger partial charge in [-0.25, -0.2) is 0 Å². The average molecular weight is 421 g/mol. The van der Waals surface area contributed by atoms with E-state index in [-0.39, 0.29) is 11.8 Å². The molecule has 2 aliphatic heterocycles. The molecule has 1 amide bonds. The van der Waals surface area contributed by atoms with Gasteiger partial charge >= 0.3 is 0 Å². The number of carbonyl (C=O) groups excluding carboxylic acids is 1. The second-order valence-electron chi connectivity index (χ2n) is 5.00. The van der Waals surface area contributed by atoms with Gasteiger partial charge in [-0.2, -0.15) is 0 Å². The molecule has 2 aliphatic rings. The van der Waals surface area contributed by atoms with Crippen LogP contribution in [0.1, 0.15) is 19.3 Å². The molecule has 2 heterocycles. The van der Waals surface area contributed by atoms with Crippen LogP contribution < -0.4 is 10.6 Å². The zero-order valence-corrected chi connectivity index (χ0v) is 13.5. The number of rotatable bonds is 2. The van der Waals surface area contributed by atoms with Crippen LogP contribution in [0.15, 0.2) is 22.7 Å². The normalized spacial score (nSPS) is 29.6. The van der Waals surface area contributed by atoms with Crippen LogP contribution in [0.2, 0.25) is 0 Å². The van der Waals surface area contributed by atoms with Crippen LogP contribution in [-0.4, -0.2) is 18.0 Å². The first-order valence-electron chi connectivity index (χ1n) is 6.15.